The Morgan fingerprint density at radius 1 is 0.957 bits per heavy atom. The quantitative estimate of drug-likeness (QED) is 0.316. The van der Waals surface area contributed by atoms with Crippen LogP contribution in [-0.2, 0) is 9.59 Å². The number of carbonyl (C=O) groups is 3. The summed E-state index contributed by atoms with van der Waals surface area (Å²) in [5, 5.41) is 0. The molecule has 3 fully saturated rings. The number of aromatic nitrogens is 2. The molecule has 46 heavy (non-hydrogen) atoms. The van der Waals surface area contributed by atoms with Crippen molar-refractivity contribution in [2.45, 2.75) is 93.4 Å². The largest absolute Gasteiger partial charge is 0.307 e. The van der Waals surface area contributed by atoms with Gasteiger partial charge in [-0.25, -0.2) is 9.83 Å². The van der Waals surface area contributed by atoms with Gasteiger partial charge in [0.15, 0.2) is 11.6 Å². The molecule has 0 amide bonds. The number of rotatable bonds is 2. The van der Waals surface area contributed by atoms with Crippen molar-refractivity contribution in [3.63, 3.8) is 0 Å². The lowest BCUT2D eigenvalue weighted by atomic mass is 9.34. The number of allylic oxidation sites excluding steroid dienone is 4. The third-order valence-corrected chi connectivity index (χ3v) is 14.2. The fourth-order valence-electron chi connectivity index (χ4n) is 11.5. The van der Waals surface area contributed by atoms with Crippen molar-refractivity contribution in [1.29, 1.82) is 0 Å². The molecule has 6 nitrogen and oxygen atoms in total. The van der Waals surface area contributed by atoms with Gasteiger partial charge in [-0.05, 0) is 79.1 Å². The van der Waals surface area contributed by atoms with E-state index in [0.717, 1.165) is 56.1 Å². The summed E-state index contributed by atoms with van der Waals surface area (Å²) in [4.78, 5) is 51.6. The summed E-state index contributed by atoms with van der Waals surface area (Å²) < 4.78 is 1.77. The number of carbonyl (C=O) groups excluding carboxylic acids is 3. The van der Waals surface area contributed by atoms with E-state index in [1.165, 1.54) is 0 Å². The Hall–Kier alpha value is -3.59. The summed E-state index contributed by atoms with van der Waals surface area (Å²) in [5.41, 5.74) is -0.358. The molecule has 0 aliphatic heterocycles. The average Bonchev–Trinajstić information content (AvgIpc) is 3.50. The Morgan fingerprint density at radius 2 is 1.65 bits per heavy atom. The first-order valence-electron chi connectivity index (χ1n) is 17.1. The van der Waals surface area contributed by atoms with Gasteiger partial charge in [-0.2, -0.15) is 0 Å². The predicted octanol–water partition coefficient (Wildman–Crippen LogP) is 8.76. The highest BCUT2D eigenvalue weighted by Gasteiger charge is 2.71. The molecule has 3 saturated carbocycles. The second-order valence-electron chi connectivity index (χ2n) is 17.2. The molecular formula is C40H47N3O3. The summed E-state index contributed by atoms with van der Waals surface area (Å²) in [6, 6.07) is 9.89. The minimum absolute atomic E-state index is 0.0136. The van der Waals surface area contributed by atoms with Gasteiger partial charge in [0, 0.05) is 34.7 Å². The van der Waals surface area contributed by atoms with Gasteiger partial charge in [-0.3, -0.25) is 14.2 Å². The number of nitrogens with zero attached hydrogens (tertiary/aromatic N) is 3. The third kappa shape index (κ3) is 3.87. The molecule has 0 spiro atoms. The Bertz CT molecular complexity index is 1770. The van der Waals surface area contributed by atoms with E-state index in [1.54, 1.807) is 10.8 Å². The van der Waals surface area contributed by atoms with E-state index < -0.39 is 16.2 Å². The maximum atomic E-state index is 15.0. The third-order valence-electron chi connectivity index (χ3n) is 14.2. The molecule has 7 atom stereocenters. The minimum Gasteiger partial charge on any atom is -0.307 e. The van der Waals surface area contributed by atoms with E-state index in [0.29, 0.717) is 5.82 Å². The predicted molar refractivity (Wildman–Crippen MR) is 178 cm³/mol. The van der Waals surface area contributed by atoms with Crippen molar-refractivity contribution in [3.05, 3.63) is 77.6 Å². The molecule has 5 aliphatic carbocycles. The highest BCUT2D eigenvalue weighted by Crippen LogP contribution is 2.74. The van der Waals surface area contributed by atoms with Gasteiger partial charge in [0.05, 0.1) is 12.0 Å². The molecule has 2 aromatic rings. The van der Waals surface area contributed by atoms with Gasteiger partial charge in [-0.15, -0.1) is 0 Å². The monoisotopic (exact) mass is 617 g/mol. The van der Waals surface area contributed by atoms with Gasteiger partial charge < -0.3 is 4.79 Å². The summed E-state index contributed by atoms with van der Waals surface area (Å²) >= 11 is 0. The highest BCUT2D eigenvalue weighted by molar-refractivity contribution is 6.03. The van der Waals surface area contributed by atoms with Crippen LogP contribution in [0.2, 0.25) is 0 Å². The Balaban J connectivity index is 1.37. The maximum Gasteiger partial charge on any atom is 0.238 e. The first-order chi connectivity index (χ1) is 21.6. The molecule has 7 unspecified atom stereocenters. The topological polar surface area (TPSA) is 73.4 Å². The van der Waals surface area contributed by atoms with Crippen molar-refractivity contribution in [3.8, 4) is 11.4 Å². The van der Waals surface area contributed by atoms with Gasteiger partial charge in [0.2, 0.25) is 11.6 Å². The summed E-state index contributed by atoms with van der Waals surface area (Å²) in [5.74, 6) is 0.402. The van der Waals surface area contributed by atoms with E-state index in [1.807, 2.05) is 62.5 Å². The van der Waals surface area contributed by atoms with Crippen molar-refractivity contribution >= 4 is 17.5 Å². The molecular weight excluding hydrogens is 570 g/mol. The minimum atomic E-state index is -0.685. The van der Waals surface area contributed by atoms with Crippen LogP contribution >= 0.6 is 0 Å². The van der Waals surface area contributed by atoms with Crippen LogP contribution < -0.4 is 0 Å². The maximum absolute atomic E-state index is 15.0. The van der Waals surface area contributed by atoms with Crippen molar-refractivity contribution in [1.82, 2.24) is 9.55 Å². The lowest BCUT2D eigenvalue weighted by Crippen LogP contribution is -2.66. The zero-order valence-corrected chi connectivity index (χ0v) is 28.4. The SMILES string of the molecule is [C-]#[N+]C1=CC2(C)C3=CC(=O)C4C5CC(C)(C)CCC5(C(=O)n5ccnc5-c5ccccc5)CCC4(C)C3(C)CCC2C(C)(C)C1=O. The second kappa shape index (κ2) is 9.72. The smallest absolute Gasteiger partial charge is 0.238 e. The normalized spacial score (nSPS) is 39.0. The lowest BCUT2D eigenvalue weighted by molar-refractivity contribution is -0.164. The number of ketones is 2. The van der Waals surface area contributed by atoms with Gasteiger partial charge in [0.25, 0.3) is 0 Å². The Labute approximate surface area is 273 Å². The van der Waals surface area contributed by atoms with Crippen LogP contribution in [0.3, 0.4) is 0 Å². The van der Waals surface area contributed by atoms with E-state index in [4.69, 9.17) is 6.57 Å². The first kappa shape index (κ1) is 31.0. The Morgan fingerprint density at radius 3 is 2.35 bits per heavy atom. The number of Topliss-reactive ketones (excluding diaryl/α,β-unsaturated/α-hetero) is 1. The summed E-state index contributed by atoms with van der Waals surface area (Å²) in [6.45, 7) is 23.2. The summed E-state index contributed by atoms with van der Waals surface area (Å²) in [6.07, 6.45) is 13.1. The molecule has 0 radical (unpaired) electrons. The number of hydrogen-bond donors (Lipinski definition) is 0. The van der Waals surface area contributed by atoms with Crippen molar-refractivity contribution < 1.29 is 14.4 Å². The van der Waals surface area contributed by atoms with Gasteiger partial charge in [0.1, 0.15) is 5.82 Å². The first-order valence-corrected chi connectivity index (χ1v) is 17.1. The van der Waals surface area contributed by atoms with Crippen molar-refractivity contribution in [2.75, 3.05) is 0 Å². The molecule has 1 heterocycles. The molecule has 5 aliphatic rings. The van der Waals surface area contributed by atoms with E-state index >= 15 is 4.79 Å². The zero-order chi connectivity index (χ0) is 33.1. The highest BCUT2D eigenvalue weighted by atomic mass is 16.2. The molecule has 7 rings (SSSR count). The van der Waals surface area contributed by atoms with Gasteiger partial charge >= 0.3 is 0 Å². The lowest BCUT2D eigenvalue weighted by Gasteiger charge is -2.69. The van der Waals surface area contributed by atoms with Crippen LogP contribution in [0, 0.1) is 56.8 Å². The van der Waals surface area contributed by atoms with Crippen LogP contribution in [0.5, 0.6) is 0 Å². The number of benzene rings is 1. The zero-order valence-electron chi connectivity index (χ0n) is 28.4. The molecule has 6 heteroatoms. The van der Waals surface area contributed by atoms with Crippen LogP contribution in [0.25, 0.3) is 16.2 Å². The van der Waals surface area contributed by atoms with E-state index in [2.05, 4.69) is 44.4 Å². The van der Waals surface area contributed by atoms with Crippen LogP contribution in [0.4, 0.5) is 0 Å². The van der Waals surface area contributed by atoms with Crippen LogP contribution in [0.15, 0.2) is 66.1 Å². The average molecular weight is 618 g/mol. The molecule has 1 aromatic heterocycles. The Kier molecular flexibility index (Phi) is 6.56. The van der Waals surface area contributed by atoms with Crippen LogP contribution in [-0.4, -0.2) is 27.0 Å². The van der Waals surface area contributed by atoms with Crippen molar-refractivity contribution in [2.24, 2.45) is 50.2 Å². The second-order valence-corrected chi connectivity index (χ2v) is 17.2. The number of imidazole rings is 1. The molecule has 240 valence electrons. The van der Waals surface area contributed by atoms with E-state index in [9.17, 15) is 9.59 Å². The summed E-state index contributed by atoms with van der Waals surface area (Å²) in [7, 11) is 0. The molecule has 0 saturated heterocycles. The fourth-order valence-corrected chi connectivity index (χ4v) is 11.5. The molecule has 0 N–H and O–H groups in total. The molecule has 1 aromatic carbocycles. The van der Waals surface area contributed by atoms with E-state index in [-0.39, 0.29) is 57.2 Å². The van der Waals surface area contributed by atoms with Crippen LogP contribution in [0.1, 0.15) is 98.2 Å². The fraction of sp³-hybridized carbons (Fsp3) is 0.575. The number of fused-ring (bicyclic) bond motifs is 7. The number of hydrogen-bond acceptors (Lipinski definition) is 4. The standard InChI is InChI=1S/C40H47N3O3/c1-35(2)16-18-40(34(46)43-21-20-42-33(43)25-12-10-9-11-13-25)19-17-39(7)31(26(40)23-35)28(44)22-30-37(5)24-27(41-8)32(45)36(3,4)29(37)14-15-38(30,39)6/h9-13,20-22,24,26,29,31H,14-19,23H2,1-7H3. The molecule has 0 bridgehead atoms. The van der Waals surface area contributed by atoms with Gasteiger partial charge in [-0.1, -0.05) is 90.4 Å².